The van der Waals surface area contributed by atoms with Crippen LogP contribution in [0.1, 0.15) is 47.9 Å². The lowest BCUT2D eigenvalue weighted by atomic mass is 10.0. The molecule has 2 rings (SSSR count). The summed E-state index contributed by atoms with van der Waals surface area (Å²) in [5.41, 5.74) is 0.826. The number of carbonyl (C=O) groups excluding carboxylic acids is 1. The Hall–Kier alpha value is -2.53. The Bertz CT molecular complexity index is 786. The second-order valence-electron chi connectivity index (χ2n) is 5.62. The Morgan fingerprint density at radius 2 is 1.88 bits per heavy atom. The molecular formula is C19H19ClO5. The maximum Gasteiger partial charge on any atom is 0.349 e. The van der Waals surface area contributed by atoms with Gasteiger partial charge in [-0.1, -0.05) is 55.3 Å². The number of halogens is 1. The van der Waals surface area contributed by atoms with Crippen LogP contribution in [-0.4, -0.2) is 22.0 Å². The SMILES string of the molecule is CCCc1cc(Cl)c(OC(C(=O)O)c2ccccc2)c(C(C)=O)c1O. The molecule has 0 aliphatic rings. The molecule has 0 fully saturated rings. The zero-order valence-corrected chi connectivity index (χ0v) is 14.7. The topological polar surface area (TPSA) is 83.8 Å². The second kappa shape index (κ2) is 8.03. The van der Waals surface area contributed by atoms with Crippen LogP contribution in [-0.2, 0) is 11.2 Å². The highest BCUT2D eigenvalue weighted by Gasteiger charge is 2.28. The van der Waals surface area contributed by atoms with E-state index in [1.54, 1.807) is 30.3 Å². The molecule has 0 aromatic heterocycles. The van der Waals surface area contributed by atoms with Gasteiger partial charge in [-0.25, -0.2) is 4.79 Å². The van der Waals surface area contributed by atoms with Crippen molar-refractivity contribution in [2.45, 2.75) is 32.8 Å². The minimum absolute atomic E-state index is 0.0913. The third-order valence-electron chi connectivity index (χ3n) is 3.72. The first kappa shape index (κ1) is 18.8. The van der Waals surface area contributed by atoms with Crippen molar-refractivity contribution in [3.05, 3.63) is 58.1 Å². The lowest BCUT2D eigenvalue weighted by Gasteiger charge is -2.20. The maximum atomic E-state index is 12.0. The molecule has 25 heavy (non-hydrogen) atoms. The summed E-state index contributed by atoms with van der Waals surface area (Å²) in [6.45, 7) is 3.20. The number of aliphatic carboxylic acids is 1. The van der Waals surface area contributed by atoms with Crippen molar-refractivity contribution in [1.82, 2.24) is 0 Å². The first-order valence-corrected chi connectivity index (χ1v) is 8.24. The highest BCUT2D eigenvalue weighted by molar-refractivity contribution is 6.33. The molecule has 132 valence electrons. The normalized spacial score (nSPS) is 11.8. The average Bonchev–Trinajstić information content (AvgIpc) is 2.56. The number of aryl methyl sites for hydroxylation is 1. The van der Waals surface area contributed by atoms with Crippen LogP contribution in [0.4, 0.5) is 0 Å². The van der Waals surface area contributed by atoms with Crippen molar-refractivity contribution in [1.29, 1.82) is 0 Å². The van der Waals surface area contributed by atoms with Crippen LogP contribution < -0.4 is 4.74 Å². The lowest BCUT2D eigenvalue weighted by Crippen LogP contribution is -2.19. The van der Waals surface area contributed by atoms with E-state index in [2.05, 4.69) is 0 Å². The summed E-state index contributed by atoms with van der Waals surface area (Å²) in [7, 11) is 0. The third kappa shape index (κ3) is 4.12. The maximum absolute atomic E-state index is 12.0. The number of carbonyl (C=O) groups is 2. The smallest absolute Gasteiger partial charge is 0.349 e. The molecule has 2 aromatic carbocycles. The van der Waals surface area contributed by atoms with Crippen LogP contribution >= 0.6 is 11.6 Å². The first-order chi connectivity index (χ1) is 11.9. The molecule has 2 aromatic rings. The molecule has 2 N–H and O–H groups in total. The van der Waals surface area contributed by atoms with E-state index in [9.17, 15) is 19.8 Å². The van der Waals surface area contributed by atoms with Gasteiger partial charge in [0.1, 0.15) is 11.3 Å². The number of rotatable bonds is 7. The van der Waals surface area contributed by atoms with Crippen molar-refractivity contribution in [2.75, 3.05) is 0 Å². The number of Topliss-reactive ketones (excluding diaryl/α,β-unsaturated/α-hetero) is 1. The molecule has 6 heteroatoms. The van der Waals surface area contributed by atoms with Crippen LogP contribution in [0.2, 0.25) is 5.02 Å². The zero-order chi connectivity index (χ0) is 18.6. The fourth-order valence-corrected chi connectivity index (χ4v) is 2.85. The van der Waals surface area contributed by atoms with E-state index in [1.165, 1.54) is 13.0 Å². The van der Waals surface area contributed by atoms with Crippen LogP contribution in [0, 0.1) is 0 Å². The summed E-state index contributed by atoms with van der Waals surface area (Å²) in [6, 6.07) is 9.83. The zero-order valence-electron chi connectivity index (χ0n) is 14.0. The van der Waals surface area contributed by atoms with Crippen molar-refractivity contribution < 1.29 is 24.5 Å². The average molecular weight is 363 g/mol. The van der Waals surface area contributed by atoms with Gasteiger partial charge in [-0.2, -0.15) is 0 Å². The van der Waals surface area contributed by atoms with Crippen molar-refractivity contribution in [3.8, 4) is 11.5 Å². The summed E-state index contributed by atoms with van der Waals surface area (Å²) in [5, 5.41) is 20.0. The molecule has 0 bridgehead atoms. The third-order valence-corrected chi connectivity index (χ3v) is 4.00. The fourth-order valence-electron chi connectivity index (χ4n) is 2.58. The molecule has 1 atom stereocenters. The number of phenols is 1. The van der Waals surface area contributed by atoms with Crippen LogP contribution in [0.15, 0.2) is 36.4 Å². The highest BCUT2D eigenvalue weighted by Crippen LogP contribution is 2.41. The molecule has 0 saturated heterocycles. The summed E-state index contributed by atoms with van der Waals surface area (Å²) >= 11 is 6.24. The lowest BCUT2D eigenvalue weighted by molar-refractivity contribution is -0.145. The molecule has 0 heterocycles. The van der Waals surface area contributed by atoms with Gasteiger partial charge >= 0.3 is 5.97 Å². The molecule has 0 aliphatic carbocycles. The van der Waals surface area contributed by atoms with E-state index in [0.717, 1.165) is 6.42 Å². The molecule has 5 nitrogen and oxygen atoms in total. The van der Waals surface area contributed by atoms with E-state index in [4.69, 9.17) is 16.3 Å². The number of ether oxygens (including phenoxy) is 1. The molecule has 0 saturated carbocycles. The van der Waals surface area contributed by atoms with Gasteiger partial charge in [0.05, 0.1) is 5.02 Å². The molecule has 0 aliphatic heterocycles. The number of carboxylic acid groups (broad SMARTS) is 1. The molecule has 0 amide bonds. The van der Waals surface area contributed by atoms with Crippen molar-refractivity contribution >= 4 is 23.4 Å². The number of phenolic OH excluding ortho intramolecular Hbond substituents is 1. The van der Waals surface area contributed by atoms with Gasteiger partial charge < -0.3 is 14.9 Å². The van der Waals surface area contributed by atoms with Gasteiger partial charge in [0.2, 0.25) is 6.10 Å². The monoisotopic (exact) mass is 362 g/mol. The minimum Gasteiger partial charge on any atom is -0.507 e. The number of hydrogen-bond acceptors (Lipinski definition) is 4. The number of hydrogen-bond donors (Lipinski definition) is 2. The van der Waals surface area contributed by atoms with Crippen LogP contribution in [0.25, 0.3) is 0 Å². The first-order valence-electron chi connectivity index (χ1n) is 7.86. The number of aromatic hydroxyl groups is 1. The second-order valence-corrected chi connectivity index (χ2v) is 6.03. The van der Waals surface area contributed by atoms with E-state index in [1.807, 2.05) is 6.92 Å². The predicted octanol–water partition coefficient (Wildman–Crippen LogP) is 4.41. The Morgan fingerprint density at radius 1 is 1.24 bits per heavy atom. The summed E-state index contributed by atoms with van der Waals surface area (Å²) in [5.74, 6) is -2.02. The van der Waals surface area contributed by atoms with Crippen molar-refractivity contribution in [2.24, 2.45) is 0 Å². The molecule has 0 radical (unpaired) electrons. The van der Waals surface area contributed by atoms with Gasteiger partial charge in [-0.3, -0.25) is 4.79 Å². The largest absolute Gasteiger partial charge is 0.507 e. The fraction of sp³-hybridized carbons (Fsp3) is 0.263. The van der Waals surface area contributed by atoms with Gasteiger partial charge in [-0.05, 0) is 25.0 Å². The Labute approximate surface area is 150 Å². The van der Waals surface area contributed by atoms with E-state index in [0.29, 0.717) is 17.5 Å². The standard InChI is InChI=1S/C19H19ClO5/c1-3-7-13-10-14(20)18(15(11(2)21)16(13)22)25-17(19(23)24)12-8-5-4-6-9-12/h4-6,8-10,17,22H,3,7H2,1-2H3,(H,23,24). The number of benzene rings is 2. The highest BCUT2D eigenvalue weighted by atomic mass is 35.5. The molecule has 0 spiro atoms. The predicted molar refractivity (Wildman–Crippen MR) is 94.6 cm³/mol. The van der Waals surface area contributed by atoms with E-state index in [-0.39, 0.29) is 22.1 Å². The quantitative estimate of drug-likeness (QED) is 0.713. The van der Waals surface area contributed by atoms with Crippen LogP contribution in [0.5, 0.6) is 11.5 Å². The van der Waals surface area contributed by atoms with Gasteiger partial charge in [-0.15, -0.1) is 0 Å². The minimum atomic E-state index is -1.35. The summed E-state index contributed by atoms with van der Waals surface area (Å²) in [4.78, 5) is 23.7. The number of ketones is 1. The Balaban J connectivity index is 2.55. The summed E-state index contributed by atoms with van der Waals surface area (Å²) in [6.07, 6.45) is -0.0654. The van der Waals surface area contributed by atoms with Crippen molar-refractivity contribution in [3.63, 3.8) is 0 Å². The Morgan fingerprint density at radius 3 is 2.40 bits per heavy atom. The van der Waals surface area contributed by atoms with Crippen LogP contribution in [0.3, 0.4) is 0 Å². The van der Waals surface area contributed by atoms with E-state index < -0.39 is 17.9 Å². The van der Waals surface area contributed by atoms with Gasteiger partial charge in [0.25, 0.3) is 0 Å². The molecule has 1 unspecified atom stereocenters. The van der Waals surface area contributed by atoms with Gasteiger partial charge in [0, 0.05) is 5.56 Å². The molecular weight excluding hydrogens is 344 g/mol. The Kier molecular flexibility index (Phi) is 6.04. The van der Waals surface area contributed by atoms with Gasteiger partial charge in [0.15, 0.2) is 11.5 Å². The summed E-state index contributed by atoms with van der Waals surface area (Å²) < 4.78 is 5.59. The van der Waals surface area contributed by atoms with E-state index >= 15 is 0 Å². The number of carboxylic acids is 1.